The second-order valence-electron chi connectivity index (χ2n) is 6.80. The van der Waals surface area contributed by atoms with E-state index in [-0.39, 0.29) is 24.2 Å². The Hall–Kier alpha value is -3.44. The number of nitrogen functional groups attached to an aromatic ring is 2. The number of benzene rings is 1. The van der Waals surface area contributed by atoms with Crippen molar-refractivity contribution >= 4 is 28.8 Å². The highest BCUT2D eigenvalue weighted by molar-refractivity contribution is 5.94. The SMILES string of the molecule is NCCOc1ccc(C(=O)N2C[C@H](O)[C@@H](n3cnc4c(N)nc(N)nc43)C2)cc1. The highest BCUT2D eigenvalue weighted by Gasteiger charge is 2.36. The average molecular weight is 398 g/mol. The number of fused-ring (bicyclic) bond motifs is 1. The minimum absolute atomic E-state index is 0.0223. The van der Waals surface area contributed by atoms with Gasteiger partial charge in [-0.25, -0.2) is 4.98 Å². The minimum Gasteiger partial charge on any atom is -0.492 e. The first kappa shape index (κ1) is 18.9. The van der Waals surface area contributed by atoms with Crippen LogP contribution in [0.4, 0.5) is 11.8 Å². The molecule has 2 aromatic heterocycles. The molecule has 1 amide bonds. The lowest BCUT2D eigenvalue weighted by Gasteiger charge is -2.17. The van der Waals surface area contributed by atoms with Crippen LogP contribution >= 0.6 is 0 Å². The van der Waals surface area contributed by atoms with Crippen LogP contribution in [0.2, 0.25) is 0 Å². The highest BCUT2D eigenvalue weighted by Crippen LogP contribution is 2.28. The third-order valence-corrected chi connectivity index (χ3v) is 4.86. The van der Waals surface area contributed by atoms with E-state index in [2.05, 4.69) is 15.0 Å². The number of anilines is 2. The van der Waals surface area contributed by atoms with E-state index >= 15 is 0 Å². The summed E-state index contributed by atoms with van der Waals surface area (Å²) in [6, 6.07) is 6.40. The molecule has 1 saturated heterocycles. The summed E-state index contributed by atoms with van der Waals surface area (Å²) in [6.45, 7) is 1.30. The van der Waals surface area contributed by atoms with Crippen molar-refractivity contribution in [3.8, 4) is 5.75 Å². The Kier molecular flexibility index (Phi) is 4.91. The molecular formula is C18H22N8O3. The van der Waals surface area contributed by atoms with Crippen LogP contribution in [0.5, 0.6) is 5.75 Å². The Morgan fingerprint density at radius 2 is 1.97 bits per heavy atom. The fourth-order valence-electron chi connectivity index (χ4n) is 3.46. The largest absolute Gasteiger partial charge is 0.492 e. The number of rotatable bonds is 5. The van der Waals surface area contributed by atoms with Crippen molar-refractivity contribution in [3.05, 3.63) is 36.2 Å². The van der Waals surface area contributed by atoms with E-state index < -0.39 is 12.1 Å². The molecule has 0 saturated carbocycles. The molecule has 0 aliphatic carbocycles. The molecule has 7 N–H and O–H groups in total. The molecular weight excluding hydrogens is 376 g/mol. The maximum atomic E-state index is 12.9. The van der Waals surface area contributed by atoms with Gasteiger partial charge in [0.15, 0.2) is 11.5 Å². The number of likely N-dealkylation sites (tertiary alicyclic amines) is 1. The smallest absolute Gasteiger partial charge is 0.254 e. The summed E-state index contributed by atoms with van der Waals surface area (Å²) >= 11 is 0. The minimum atomic E-state index is -0.791. The monoisotopic (exact) mass is 398 g/mol. The zero-order valence-electron chi connectivity index (χ0n) is 15.6. The number of aliphatic hydroxyl groups excluding tert-OH is 1. The molecule has 1 aromatic carbocycles. The molecule has 152 valence electrons. The van der Waals surface area contributed by atoms with Gasteiger partial charge in [-0.05, 0) is 24.3 Å². The normalized spacial score (nSPS) is 19.0. The summed E-state index contributed by atoms with van der Waals surface area (Å²) in [5, 5.41) is 10.6. The van der Waals surface area contributed by atoms with Crippen LogP contribution in [0.15, 0.2) is 30.6 Å². The summed E-state index contributed by atoms with van der Waals surface area (Å²) in [4.78, 5) is 26.8. The standard InChI is InChI=1S/C18H22N8O3/c19-5-6-29-11-3-1-10(2-4-11)17(28)25-7-12(13(27)8-25)26-9-22-14-15(20)23-18(21)24-16(14)26/h1-4,9,12-13,27H,5-8,19H2,(H4,20,21,23,24)/t12-,13-/m0/s1. The topological polar surface area (TPSA) is 171 Å². The second-order valence-corrected chi connectivity index (χ2v) is 6.80. The van der Waals surface area contributed by atoms with Gasteiger partial charge in [-0.2, -0.15) is 9.97 Å². The Bertz CT molecular complexity index is 1040. The van der Waals surface area contributed by atoms with Crippen LogP contribution in [0.1, 0.15) is 16.4 Å². The van der Waals surface area contributed by atoms with E-state index in [0.717, 1.165) is 0 Å². The molecule has 0 bridgehead atoms. The number of nitrogens with two attached hydrogens (primary N) is 3. The van der Waals surface area contributed by atoms with Crippen LogP contribution in [0.3, 0.4) is 0 Å². The molecule has 29 heavy (non-hydrogen) atoms. The predicted molar refractivity (Wildman–Crippen MR) is 106 cm³/mol. The molecule has 1 aliphatic heterocycles. The van der Waals surface area contributed by atoms with Gasteiger partial charge in [0.2, 0.25) is 5.95 Å². The zero-order chi connectivity index (χ0) is 20.5. The Balaban J connectivity index is 1.53. The zero-order valence-corrected chi connectivity index (χ0v) is 15.6. The molecule has 0 unspecified atom stereocenters. The van der Waals surface area contributed by atoms with Crippen molar-refractivity contribution < 1.29 is 14.6 Å². The van der Waals surface area contributed by atoms with Crippen LogP contribution in [0.25, 0.3) is 11.2 Å². The van der Waals surface area contributed by atoms with Crippen molar-refractivity contribution in [2.24, 2.45) is 5.73 Å². The number of hydrogen-bond donors (Lipinski definition) is 4. The summed E-state index contributed by atoms with van der Waals surface area (Å²) < 4.78 is 7.11. The molecule has 3 aromatic rings. The van der Waals surface area contributed by atoms with Crippen LogP contribution in [-0.2, 0) is 0 Å². The van der Waals surface area contributed by atoms with Crippen molar-refractivity contribution in [3.63, 3.8) is 0 Å². The number of hydrogen-bond acceptors (Lipinski definition) is 9. The summed E-state index contributed by atoms with van der Waals surface area (Å²) in [7, 11) is 0. The van der Waals surface area contributed by atoms with Gasteiger partial charge >= 0.3 is 0 Å². The van der Waals surface area contributed by atoms with E-state index in [1.807, 2.05) is 0 Å². The van der Waals surface area contributed by atoms with Gasteiger partial charge in [-0.3, -0.25) is 4.79 Å². The van der Waals surface area contributed by atoms with Crippen LogP contribution < -0.4 is 21.9 Å². The average Bonchev–Trinajstić information content (AvgIpc) is 3.29. The van der Waals surface area contributed by atoms with Crippen LogP contribution in [-0.4, -0.2) is 67.8 Å². The lowest BCUT2D eigenvalue weighted by molar-refractivity contribution is 0.0764. The van der Waals surface area contributed by atoms with Gasteiger partial charge in [0.05, 0.1) is 18.5 Å². The van der Waals surface area contributed by atoms with E-state index in [4.69, 9.17) is 21.9 Å². The first-order valence-corrected chi connectivity index (χ1v) is 9.13. The number of aliphatic hydroxyl groups is 1. The fourth-order valence-corrected chi connectivity index (χ4v) is 3.46. The highest BCUT2D eigenvalue weighted by atomic mass is 16.5. The van der Waals surface area contributed by atoms with E-state index in [1.54, 1.807) is 33.7 Å². The van der Waals surface area contributed by atoms with Crippen molar-refractivity contribution in [2.45, 2.75) is 12.1 Å². The molecule has 11 nitrogen and oxygen atoms in total. The number of carbonyl (C=O) groups excluding carboxylic acids is 1. The van der Waals surface area contributed by atoms with Gasteiger partial charge < -0.3 is 36.5 Å². The third-order valence-electron chi connectivity index (χ3n) is 4.86. The number of imidazole rings is 1. The van der Waals surface area contributed by atoms with Gasteiger partial charge in [-0.1, -0.05) is 0 Å². The molecule has 1 aliphatic rings. The molecule has 4 rings (SSSR count). The lowest BCUT2D eigenvalue weighted by Crippen LogP contribution is -2.29. The van der Waals surface area contributed by atoms with Gasteiger partial charge in [0, 0.05) is 25.2 Å². The van der Waals surface area contributed by atoms with Crippen LogP contribution in [0, 0.1) is 0 Å². The summed E-state index contributed by atoms with van der Waals surface area (Å²) in [5.74, 6) is 0.652. The Morgan fingerprint density at radius 3 is 2.69 bits per heavy atom. The van der Waals surface area contributed by atoms with Gasteiger partial charge in [0.25, 0.3) is 5.91 Å². The summed E-state index contributed by atoms with van der Waals surface area (Å²) in [5.41, 5.74) is 18.3. The fraction of sp³-hybridized carbons (Fsp3) is 0.333. The number of ether oxygens (including phenoxy) is 1. The molecule has 3 heterocycles. The number of amides is 1. The molecule has 1 fully saturated rings. The molecule has 0 radical (unpaired) electrons. The van der Waals surface area contributed by atoms with E-state index in [0.29, 0.717) is 42.2 Å². The maximum absolute atomic E-state index is 12.9. The number of aromatic nitrogens is 4. The number of nitrogens with zero attached hydrogens (tertiary/aromatic N) is 5. The lowest BCUT2D eigenvalue weighted by atomic mass is 10.2. The first-order valence-electron chi connectivity index (χ1n) is 9.13. The second kappa shape index (κ2) is 7.53. The predicted octanol–water partition coefficient (Wildman–Crippen LogP) is -0.614. The number of β-amino-alcohol motifs (C(OH)–C–C–N with tert-alkyl or cyclic N) is 1. The van der Waals surface area contributed by atoms with E-state index in [9.17, 15) is 9.90 Å². The molecule has 0 spiro atoms. The molecule has 2 atom stereocenters. The number of carbonyl (C=O) groups is 1. The Labute approximate surface area is 166 Å². The van der Waals surface area contributed by atoms with E-state index in [1.165, 1.54) is 6.33 Å². The Morgan fingerprint density at radius 1 is 1.21 bits per heavy atom. The quantitative estimate of drug-likeness (QED) is 0.437. The molecule has 11 heteroatoms. The van der Waals surface area contributed by atoms with Gasteiger partial charge in [0.1, 0.15) is 17.9 Å². The van der Waals surface area contributed by atoms with Crippen molar-refractivity contribution in [1.29, 1.82) is 0 Å². The third kappa shape index (κ3) is 3.52. The first-order chi connectivity index (χ1) is 14.0. The maximum Gasteiger partial charge on any atom is 0.254 e. The van der Waals surface area contributed by atoms with Crippen molar-refractivity contribution in [2.75, 3.05) is 37.7 Å². The summed E-state index contributed by atoms with van der Waals surface area (Å²) in [6.07, 6.45) is 0.738. The van der Waals surface area contributed by atoms with Crippen molar-refractivity contribution in [1.82, 2.24) is 24.4 Å². The van der Waals surface area contributed by atoms with Gasteiger partial charge in [-0.15, -0.1) is 0 Å².